The van der Waals surface area contributed by atoms with E-state index in [4.69, 9.17) is 17.3 Å². The van der Waals surface area contributed by atoms with Gasteiger partial charge in [-0.3, -0.25) is 0 Å². The normalized spacial score (nSPS) is 12.5. The molecule has 2 N–H and O–H groups in total. The SMILES string of the molecule is Cc1cccc(-n2ncc3ccc(-c4ccc(Cl)c(C(C)N)n4)cc32)n1. The molecule has 0 aliphatic heterocycles. The monoisotopic (exact) mass is 363 g/mol. The van der Waals surface area contributed by atoms with E-state index in [1.54, 1.807) is 0 Å². The molecule has 130 valence electrons. The van der Waals surface area contributed by atoms with Crippen LogP contribution in [0, 0.1) is 6.92 Å². The minimum Gasteiger partial charge on any atom is -0.323 e. The number of aromatic nitrogens is 4. The lowest BCUT2D eigenvalue weighted by molar-refractivity contribution is 0.783. The van der Waals surface area contributed by atoms with Crippen LogP contribution in [0.3, 0.4) is 0 Å². The van der Waals surface area contributed by atoms with Crippen molar-refractivity contribution in [2.75, 3.05) is 0 Å². The molecule has 6 heteroatoms. The Morgan fingerprint density at radius 2 is 1.92 bits per heavy atom. The number of benzene rings is 1. The number of pyridine rings is 2. The van der Waals surface area contributed by atoms with Crippen LogP contribution in [-0.2, 0) is 0 Å². The van der Waals surface area contributed by atoms with Crippen LogP contribution in [0.1, 0.15) is 24.4 Å². The first-order valence-electron chi connectivity index (χ1n) is 8.37. The van der Waals surface area contributed by atoms with Crippen molar-refractivity contribution >= 4 is 22.5 Å². The minimum absolute atomic E-state index is 0.229. The summed E-state index contributed by atoms with van der Waals surface area (Å²) in [7, 11) is 0. The highest BCUT2D eigenvalue weighted by atomic mass is 35.5. The van der Waals surface area contributed by atoms with Gasteiger partial charge >= 0.3 is 0 Å². The van der Waals surface area contributed by atoms with Crippen molar-refractivity contribution in [3.05, 3.63) is 71.1 Å². The average Bonchev–Trinajstić information content (AvgIpc) is 3.05. The van der Waals surface area contributed by atoms with Gasteiger partial charge in [0.25, 0.3) is 0 Å². The van der Waals surface area contributed by atoms with E-state index in [9.17, 15) is 0 Å². The van der Waals surface area contributed by atoms with Crippen LogP contribution in [0.5, 0.6) is 0 Å². The van der Waals surface area contributed by atoms with Crippen molar-refractivity contribution in [3.8, 4) is 17.1 Å². The van der Waals surface area contributed by atoms with Gasteiger partial charge in [-0.15, -0.1) is 0 Å². The minimum atomic E-state index is -0.229. The summed E-state index contributed by atoms with van der Waals surface area (Å²) in [6, 6.07) is 15.5. The second kappa shape index (κ2) is 6.52. The van der Waals surface area contributed by atoms with Crippen molar-refractivity contribution < 1.29 is 0 Å². The molecular formula is C20H18ClN5. The quantitative estimate of drug-likeness (QED) is 0.583. The van der Waals surface area contributed by atoms with Gasteiger partial charge in [-0.25, -0.2) is 14.6 Å². The summed E-state index contributed by atoms with van der Waals surface area (Å²) in [5.74, 6) is 0.789. The Kier molecular flexibility index (Phi) is 4.18. The molecule has 1 aromatic carbocycles. The molecule has 0 fully saturated rings. The topological polar surface area (TPSA) is 69.6 Å². The molecule has 3 aromatic heterocycles. The van der Waals surface area contributed by atoms with Gasteiger partial charge in [-0.1, -0.05) is 29.8 Å². The maximum atomic E-state index is 6.21. The van der Waals surface area contributed by atoms with Gasteiger partial charge in [-0.2, -0.15) is 5.10 Å². The van der Waals surface area contributed by atoms with Gasteiger partial charge < -0.3 is 5.73 Å². The van der Waals surface area contributed by atoms with Crippen LogP contribution in [-0.4, -0.2) is 19.7 Å². The van der Waals surface area contributed by atoms with Crippen molar-refractivity contribution in [2.24, 2.45) is 5.73 Å². The van der Waals surface area contributed by atoms with Crippen LogP contribution in [0.2, 0.25) is 5.02 Å². The zero-order valence-corrected chi connectivity index (χ0v) is 15.3. The first-order chi connectivity index (χ1) is 12.5. The van der Waals surface area contributed by atoms with Gasteiger partial charge in [0.05, 0.1) is 28.1 Å². The molecule has 5 nitrogen and oxygen atoms in total. The Bertz CT molecular complexity index is 1100. The summed E-state index contributed by atoms with van der Waals surface area (Å²) in [5, 5.41) is 6.12. The van der Waals surface area contributed by atoms with E-state index in [-0.39, 0.29) is 6.04 Å². The molecule has 4 aromatic rings. The second-order valence-corrected chi connectivity index (χ2v) is 6.73. The zero-order chi connectivity index (χ0) is 18.3. The number of nitrogens with two attached hydrogens (primary N) is 1. The lowest BCUT2D eigenvalue weighted by Gasteiger charge is -2.10. The van der Waals surface area contributed by atoms with Crippen LogP contribution in [0.4, 0.5) is 0 Å². The third-order valence-electron chi connectivity index (χ3n) is 4.26. The number of hydrogen-bond acceptors (Lipinski definition) is 4. The molecule has 1 atom stereocenters. The molecule has 0 aliphatic carbocycles. The summed E-state index contributed by atoms with van der Waals surface area (Å²) in [5.41, 5.74) is 10.4. The van der Waals surface area contributed by atoms with Crippen molar-refractivity contribution in [2.45, 2.75) is 19.9 Å². The molecule has 0 radical (unpaired) electrons. The third-order valence-corrected chi connectivity index (χ3v) is 4.58. The van der Waals surface area contributed by atoms with Gasteiger partial charge in [0.2, 0.25) is 0 Å². The lowest BCUT2D eigenvalue weighted by atomic mass is 10.1. The molecular weight excluding hydrogens is 346 g/mol. The highest BCUT2D eigenvalue weighted by molar-refractivity contribution is 6.31. The maximum absolute atomic E-state index is 6.21. The van der Waals surface area contributed by atoms with Gasteiger partial charge in [0, 0.05) is 22.7 Å². The Morgan fingerprint density at radius 3 is 2.69 bits per heavy atom. The Morgan fingerprint density at radius 1 is 1.08 bits per heavy atom. The van der Waals surface area contributed by atoms with Crippen molar-refractivity contribution in [1.82, 2.24) is 19.7 Å². The Balaban J connectivity index is 1.86. The molecule has 0 saturated carbocycles. The zero-order valence-electron chi connectivity index (χ0n) is 14.5. The number of aryl methyl sites for hydroxylation is 1. The molecule has 0 bridgehead atoms. The lowest BCUT2D eigenvalue weighted by Crippen LogP contribution is -2.08. The van der Waals surface area contributed by atoms with Crippen molar-refractivity contribution in [1.29, 1.82) is 0 Å². The Hall–Kier alpha value is -2.76. The van der Waals surface area contributed by atoms with E-state index in [1.807, 2.05) is 67.2 Å². The molecule has 0 saturated heterocycles. The number of hydrogen-bond donors (Lipinski definition) is 1. The summed E-state index contributed by atoms with van der Waals surface area (Å²) in [6.07, 6.45) is 1.84. The standard InChI is InChI=1S/C20H18ClN5/c1-12-4-3-5-19(24-12)26-18-10-14(6-7-15(18)11-23-26)17-9-8-16(21)20(25-17)13(2)22/h3-11,13H,22H2,1-2H3. The first-order valence-corrected chi connectivity index (χ1v) is 8.75. The van der Waals surface area contributed by atoms with E-state index < -0.39 is 0 Å². The summed E-state index contributed by atoms with van der Waals surface area (Å²) in [6.45, 7) is 3.84. The highest BCUT2D eigenvalue weighted by Gasteiger charge is 2.12. The van der Waals surface area contributed by atoms with Gasteiger partial charge in [-0.05, 0) is 44.2 Å². The fourth-order valence-corrected chi connectivity index (χ4v) is 3.22. The van der Waals surface area contributed by atoms with Crippen molar-refractivity contribution in [3.63, 3.8) is 0 Å². The molecule has 0 amide bonds. The van der Waals surface area contributed by atoms with E-state index in [2.05, 4.69) is 21.1 Å². The van der Waals surface area contributed by atoms with E-state index in [0.29, 0.717) is 10.7 Å². The average molecular weight is 364 g/mol. The molecule has 3 heterocycles. The predicted octanol–water partition coefficient (Wildman–Crippen LogP) is 4.46. The molecule has 1 unspecified atom stereocenters. The number of rotatable bonds is 3. The number of fused-ring (bicyclic) bond motifs is 1. The van der Waals surface area contributed by atoms with Gasteiger partial charge in [0.15, 0.2) is 5.82 Å². The molecule has 26 heavy (non-hydrogen) atoms. The van der Waals surface area contributed by atoms with E-state index in [0.717, 1.165) is 33.7 Å². The first kappa shape index (κ1) is 16.7. The number of nitrogens with zero attached hydrogens (tertiary/aromatic N) is 4. The van der Waals surface area contributed by atoms with Crippen LogP contribution >= 0.6 is 11.6 Å². The van der Waals surface area contributed by atoms with E-state index in [1.165, 1.54) is 0 Å². The molecule has 0 spiro atoms. The fraction of sp³-hybridized carbons (Fsp3) is 0.150. The van der Waals surface area contributed by atoms with Crippen LogP contribution in [0.15, 0.2) is 54.7 Å². The van der Waals surface area contributed by atoms with Gasteiger partial charge in [0.1, 0.15) is 0 Å². The summed E-state index contributed by atoms with van der Waals surface area (Å²) >= 11 is 6.21. The van der Waals surface area contributed by atoms with Crippen LogP contribution in [0.25, 0.3) is 28.0 Å². The fourth-order valence-electron chi connectivity index (χ4n) is 2.94. The molecule has 0 aliphatic rings. The second-order valence-electron chi connectivity index (χ2n) is 6.32. The van der Waals surface area contributed by atoms with Crippen LogP contribution < -0.4 is 5.73 Å². The largest absolute Gasteiger partial charge is 0.323 e. The Labute approximate surface area is 156 Å². The highest BCUT2D eigenvalue weighted by Crippen LogP contribution is 2.28. The summed E-state index contributed by atoms with van der Waals surface area (Å²) in [4.78, 5) is 9.22. The number of halogens is 1. The predicted molar refractivity (Wildman–Crippen MR) is 104 cm³/mol. The smallest absolute Gasteiger partial charge is 0.154 e. The summed E-state index contributed by atoms with van der Waals surface area (Å²) < 4.78 is 1.84. The molecule has 4 rings (SSSR count). The maximum Gasteiger partial charge on any atom is 0.154 e. The third kappa shape index (κ3) is 2.96. The van der Waals surface area contributed by atoms with E-state index >= 15 is 0 Å².